The summed E-state index contributed by atoms with van der Waals surface area (Å²) in [5.74, 6) is 0.703. The molecule has 2 N–H and O–H groups in total. The van der Waals surface area contributed by atoms with Crippen molar-refractivity contribution in [2.45, 2.75) is 0 Å². The van der Waals surface area contributed by atoms with Crippen LogP contribution in [0.15, 0.2) is 24.3 Å². The molecule has 0 fully saturated rings. The van der Waals surface area contributed by atoms with Gasteiger partial charge in [-0.1, -0.05) is 11.6 Å². The van der Waals surface area contributed by atoms with E-state index in [0.717, 1.165) is 5.75 Å². The van der Waals surface area contributed by atoms with Gasteiger partial charge in [-0.3, -0.25) is 4.79 Å². The third kappa shape index (κ3) is 5.00. The Labute approximate surface area is 99.9 Å². The Morgan fingerprint density at radius 1 is 1.38 bits per heavy atom. The summed E-state index contributed by atoms with van der Waals surface area (Å²) in [7, 11) is 1.73. The fourth-order valence-electron chi connectivity index (χ4n) is 1.11. The Kier molecular flexibility index (Phi) is 5.67. The Bertz CT molecular complexity index is 327. The molecule has 0 aromatic heterocycles. The van der Waals surface area contributed by atoms with E-state index in [2.05, 4.69) is 10.6 Å². The number of carbonyl (C=O) groups is 1. The molecule has 0 unspecified atom stereocenters. The highest BCUT2D eigenvalue weighted by molar-refractivity contribution is 6.30. The highest BCUT2D eigenvalue weighted by atomic mass is 35.5. The minimum atomic E-state index is -0.0396. The van der Waals surface area contributed by atoms with Gasteiger partial charge in [-0.2, -0.15) is 0 Å². The van der Waals surface area contributed by atoms with Crippen LogP contribution in [0.2, 0.25) is 5.02 Å². The first kappa shape index (κ1) is 12.8. The molecule has 88 valence electrons. The molecular weight excluding hydrogens is 228 g/mol. The van der Waals surface area contributed by atoms with Crippen molar-refractivity contribution in [1.82, 2.24) is 10.6 Å². The van der Waals surface area contributed by atoms with E-state index < -0.39 is 0 Å². The number of amides is 1. The standard InChI is InChI=1S/C11H15ClN2O2/c1-13-8-11(15)14-6-7-16-10-4-2-9(12)3-5-10/h2-5,13H,6-8H2,1H3,(H,14,15). The molecule has 1 rings (SSSR count). The lowest BCUT2D eigenvalue weighted by Gasteiger charge is -2.07. The smallest absolute Gasteiger partial charge is 0.234 e. The molecule has 0 spiro atoms. The highest BCUT2D eigenvalue weighted by Crippen LogP contribution is 2.14. The first-order valence-electron chi connectivity index (χ1n) is 5.02. The van der Waals surface area contributed by atoms with Gasteiger partial charge in [0.15, 0.2) is 0 Å². The van der Waals surface area contributed by atoms with Crippen LogP contribution in [0.1, 0.15) is 0 Å². The molecule has 0 aliphatic carbocycles. The van der Waals surface area contributed by atoms with Gasteiger partial charge in [0.1, 0.15) is 12.4 Å². The monoisotopic (exact) mass is 242 g/mol. The van der Waals surface area contributed by atoms with Crippen LogP contribution >= 0.6 is 11.6 Å². The number of rotatable bonds is 6. The highest BCUT2D eigenvalue weighted by Gasteiger charge is 1.98. The molecule has 0 saturated heterocycles. The van der Waals surface area contributed by atoms with Gasteiger partial charge in [-0.05, 0) is 31.3 Å². The van der Waals surface area contributed by atoms with Gasteiger partial charge < -0.3 is 15.4 Å². The zero-order valence-corrected chi connectivity index (χ0v) is 9.88. The van der Waals surface area contributed by atoms with E-state index in [9.17, 15) is 4.79 Å². The largest absolute Gasteiger partial charge is 0.492 e. The van der Waals surface area contributed by atoms with Crippen LogP contribution in [0.25, 0.3) is 0 Å². The minimum absolute atomic E-state index is 0.0396. The van der Waals surface area contributed by atoms with Gasteiger partial charge >= 0.3 is 0 Å². The Balaban J connectivity index is 2.16. The predicted molar refractivity (Wildman–Crippen MR) is 63.9 cm³/mol. The maximum absolute atomic E-state index is 11.1. The van der Waals surface area contributed by atoms with Crippen LogP contribution in [-0.2, 0) is 4.79 Å². The fourth-order valence-corrected chi connectivity index (χ4v) is 1.24. The average molecular weight is 243 g/mol. The van der Waals surface area contributed by atoms with E-state index in [1.165, 1.54) is 0 Å². The van der Waals surface area contributed by atoms with Gasteiger partial charge in [0.25, 0.3) is 0 Å². The number of halogens is 1. The van der Waals surface area contributed by atoms with Crippen LogP contribution < -0.4 is 15.4 Å². The molecule has 5 heteroatoms. The number of ether oxygens (including phenoxy) is 1. The number of nitrogens with one attached hydrogen (secondary N) is 2. The van der Waals surface area contributed by atoms with Gasteiger partial charge in [0.2, 0.25) is 5.91 Å². The first-order chi connectivity index (χ1) is 7.72. The molecule has 1 amide bonds. The topological polar surface area (TPSA) is 50.4 Å². The van der Waals surface area contributed by atoms with Crippen molar-refractivity contribution in [3.63, 3.8) is 0 Å². The molecule has 0 heterocycles. The number of carbonyl (C=O) groups excluding carboxylic acids is 1. The zero-order chi connectivity index (χ0) is 11.8. The number of hydrogen-bond donors (Lipinski definition) is 2. The van der Waals surface area contributed by atoms with E-state index in [0.29, 0.717) is 24.7 Å². The first-order valence-corrected chi connectivity index (χ1v) is 5.40. The summed E-state index contributed by atoms with van der Waals surface area (Å²) in [5, 5.41) is 6.15. The number of likely N-dealkylation sites (N-methyl/N-ethyl adjacent to an activating group) is 1. The zero-order valence-electron chi connectivity index (χ0n) is 9.13. The second-order valence-corrected chi connectivity index (χ2v) is 3.62. The summed E-state index contributed by atoms with van der Waals surface area (Å²) in [4.78, 5) is 11.1. The van der Waals surface area contributed by atoms with E-state index in [-0.39, 0.29) is 5.91 Å². The normalized spacial score (nSPS) is 9.88. The van der Waals surface area contributed by atoms with Gasteiger partial charge in [-0.25, -0.2) is 0 Å². The molecule has 0 radical (unpaired) electrons. The summed E-state index contributed by atoms with van der Waals surface area (Å²) in [6.45, 7) is 1.25. The maximum atomic E-state index is 11.1. The van der Waals surface area contributed by atoms with Crippen LogP contribution in [0, 0.1) is 0 Å². The van der Waals surface area contributed by atoms with Crippen molar-refractivity contribution in [3.8, 4) is 5.75 Å². The van der Waals surface area contributed by atoms with Gasteiger partial charge in [0, 0.05) is 5.02 Å². The second-order valence-electron chi connectivity index (χ2n) is 3.18. The summed E-state index contributed by atoms with van der Waals surface area (Å²) < 4.78 is 5.40. The van der Waals surface area contributed by atoms with E-state index >= 15 is 0 Å². The molecule has 1 aromatic carbocycles. The van der Waals surface area contributed by atoms with Crippen LogP contribution in [0.3, 0.4) is 0 Å². The second kappa shape index (κ2) is 7.09. The Morgan fingerprint density at radius 3 is 2.69 bits per heavy atom. The van der Waals surface area contributed by atoms with Crippen molar-refractivity contribution in [1.29, 1.82) is 0 Å². The molecule has 0 saturated carbocycles. The lowest BCUT2D eigenvalue weighted by atomic mass is 10.3. The predicted octanol–water partition coefficient (Wildman–Crippen LogP) is 1.05. The molecule has 0 atom stereocenters. The van der Waals surface area contributed by atoms with E-state index in [4.69, 9.17) is 16.3 Å². The summed E-state index contributed by atoms with van der Waals surface area (Å²) in [5.41, 5.74) is 0. The Hall–Kier alpha value is -1.26. The maximum Gasteiger partial charge on any atom is 0.234 e. The van der Waals surface area contributed by atoms with Crippen molar-refractivity contribution in [2.24, 2.45) is 0 Å². The van der Waals surface area contributed by atoms with Crippen LogP contribution in [-0.4, -0.2) is 32.7 Å². The summed E-state index contributed by atoms with van der Waals surface area (Å²) in [6, 6.07) is 7.10. The molecule has 1 aromatic rings. The molecular formula is C11H15ClN2O2. The van der Waals surface area contributed by atoms with Crippen LogP contribution in [0.4, 0.5) is 0 Å². The molecule has 16 heavy (non-hydrogen) atoms. The van der Waals surface area contributed by atoms with Crippen molar-refractivity contribution in [2.75, 3.05) is 26.7 Å². The molecule has 0 bridgehead atoms. The van der Waals surface area contributed by atoms with Crippen molar-refractivity contribution >= 4 is 17.5 Å². The Morgan fingerprint density at radius 2 is 2.06 bits per heavy atom. The summed E-state index contributed by atoms with van der Waals surface area (Å²) >= 11 is 5.73. The number of hydrogen-bond acceptors (Lipinski definition) is 3. The van der Waals surface area contributed by atoms with Crippen molar-refractivity contribution in [3.05, 3.63) is 29.3 Å². The molecule has 0 aliphatic rings. The quantitative estimate of drug-likeness (QED) is 0.734. The average Bonchev–Trinajstić information content (AvgIpc) is 2.27. The molecule has 4 nitrogen and oxygen atoms in total. The van der Waals surface area contributed by atoms with Gasteiger partial charge in [-0.15, -0.1) is 0 Å². The third-order valence-electron chi connectivity index (χ3n) is 1.84. The van der Waals surface area contributed by atoms with Crippen LogP contribution in [0.5, 0.6) is 5.75 Å². The van der Waals surface area contributed by atoms with Gasteiger partial charge in [0.05, 0.1) is 13.1 Å². The SMILES string of the molecule is CNCC(=O)NCCOc1ccc(Cl)cc1. The third-order valence-corrected chi connectivity index (χ3v) is 2.10. The lowest BCUT2D eigenvalue weighted by Crippen LogP contribution is -2.34. The minimum Gasteiger partial charge on any atom is -0.492 e. The summed E-state index contributed by atoms with van der Waals surface area (Å²) in [6.07, 6.45) is 0. The molecule has 0 aliphatic heterocycles. The fraction of sp³-hybridized carbons (Fsp3) is 0.364. The van der Waals surface area contributed by atoms with E-state index in [1.807, 2.05) is 0 Å². The number of benzene rings is 1. The van der Waals surface area contributed by atoms with Crippen molar-refractivity contribution < 1.29 is 9.53 Å². The van der Waals surface area contributed by atoms with E-state index in [1.54, 1.807) is 31.3 Å². The lowest BCUT2D eigenvalue weighted by molar-refractivity contribution is -0.120.